The highest BCUT2D eigenvalue weighted by Gasteiger charge is 2.42. The van der Waals surface area contributed by atoms with Crippen LogP contribution in [0.5, 0.6) is 0 Å². The van der Waals surface area contributed by atoms with E-state index in [0.717, 1.165) is 29.9 Å². The summed E-state index contributed by atoms with van der Waals surface area (Å²) in [4.78, 5) is 7.78. The minimum atomic E-state index is -0.206. The van der Waals surface area contributed by atoms with E-state index in [1.165, 1.54) is 11.1 Å². The van der Waals surface area contributed by atoms with Crippen LogP contribution in [0.25, 0.3) is 22.4 Å². The van der Waals surface area contributed by atoms with Crippen molar-refractivity contribution in [3.63, 3.8) is 0 Å². The molecule has 1 aliphatic rings. The van der Waals surface area contributed by atoms with Crippen molar-refractivity contribution in [3.05, 3.63) is 66.6 Å². The summed E-state index contributed by atoms with van der Waals surface area (Å²) in [7, 11) is 0. The predicted octanol–water partition coefficient (Wildman–Crippen LogP) is 3.69. The lowest BCUT2D eigenvalue weighted by Crippen LogP contribution is -2.20. The van der Waals surface area contributed by atoms with Gasteiger partial charge in [-0.3, -0.25) is 0 Å². The van der Waals surface area contributed by atoms with Gasteiger partial charge in [-0.2, -0.15) is 0 Å². The van der Waals surface area contributed by atoms with Crippen LogP contribution in [0.2, 0.25) is 0 Å². The highest BCUT2D eigenvalue weighted by atomic mass is 15.0. The first kappa shape index (κ1) is 12.4. The summed E-state index contributed by atoms with van der Waals surface area (Å²) >= 11 is 0. The van der Waals surface area contributed by atoms with Crippen LogP contribution < -0.4 is 5.73 Å². The van der Waals surface area contributed by atoms with Gasteiger partial charge in [0, 0.05) is 0 Å². The normalized spacial score (nSPS) is 15.9. The Labute approximate surface area is 123 Å². The van der Waals surface area contributed by atoms with Crippen LogP contribution in [0.15, 0.2) is 60.8 Å². The molecule has 3 aromatic rings. The number of benzene rings is 2. The quantitative estimate of drug-likeness (QED) is 0.766. The van der Waals surface area contributed by atoms with Crippen molar-refractivity contribution in [2.75, 3.05) is 0 Å². The van der Waals surface area contributed by atoms with Crippen LogP contribution in [0.3, 0.4) is 0 Å². The molecule has 21 heavy (non-hydrogen) atoms. The fourth-order valence-corrected chi connectivity index (χ4v) is 2.57. The standard InChI is InChI=1S/C18H17N3/c19-18(10-11-18)17-20-12-16(21-17)15-8-6-14(7-9-15)13-4-2-1-3-5-13/h1-9,12H,10-11,19H2,(H,20,21). The van der Waals surface area contributed by atoms with E-state index in [0.29, 0.717) is 0 Å². The number of imidazole rings is 1. The number of aromatic amines is 1. The number of nitrogens with zero attached hydrogens (tertiary/aromatic N) is 1. The topological polar surface area (TPSA) is 54.7 Å². The van der Waals surface area contributed by atoms with Gasteiger partial charge in [-0.1, -0.05) is 54.6 Å². The van der Waals surface area contributed by atoms with Gasteiger partial charge in [0.2, 0.25) is 0 Å². The van der Waals surface area contributed by atoms with Crippen molar-refractivity contribution in [3.8, 4) is 22.4 Å². The summed E-state index contributed by atoms with van der Waals surface area (Å²) in [6.07, 6.45) is 3.92. The zero-order valence-corrected chi connectivity index (χ0v) is 11.7. The van der Waals surface area contributed by atoms with E-state index in [2.05, 4.69) is 58.5 Å². The van der Waals surface area contributed by atoms with Crippen LogP contribution in [-0.2, 0) is 5.54 Å². The molecule has 2 aromatic carbocycles. The second kappa shape index (κ2) is 4.57. The second-order valence-electron chi connectivity index (χ2n) is 5.74. The molecular weight excluding hydrogens is 258 g/mol. The third kappa shape index (κ3) is 2.26. The van der Waals surface area contributed by atoms with E-state index in [-0.39, 0.29) is 5.54 Å². The summed E-state index contributed by atoms with van der Waals surface area (Å²) < 4.78 is 0. The molecule has 0 radical (unpaired) electrons. The third-order valence-electron chi connectivity index (χ3n) is 4.14. The minimum absolute atomic E-state index is 0.206. The van der Waals surface area contributed by atoms with Crippen LogP contribution >= 0.6 is 0 Å². The average molecular weight is 275 g/mol. The number of hydrogen-bond donors (Lipinski definition) is 2. The molecule has 3 heteroatoms. The van der Waals surface area contributed by atoms with Gasteiger partial charge in [0.15, 0.2) is 0 Å². The third-order valence-corrected chi connectivity index (χ3v) is 4.14. The van der Waals surface area contributed by atoms with Crippen molar-refractivity contribution in [1.82, 2.24) is 9.97 Å². The van der Waals surface area contributed by atoms with Gasteiger partial charge >= 0.3 is 0 Å². The van der Waals surface area contributed by atoms with Gasteiger partial charge in [-0.05, 0) is 29.5 Å². The van der Waals surface area contributed by atoms with Crippen molar-refractivity contribution < 1.29 is 0 Å². The van der Waals surface area contributed by atoms with Gasteiger partial charge in [-0.15, -0.1) is 0 Å². The molecule has 3 N–H and O–H groups in total. The Morgan fingerprint density at radius 1 is 0.857 bits per heavy atom. The van der Waals surface area contributed by atoms with Gasteiger partial charge in [0.25, 0.3) is 0 Å². The first-order chi connectivity index (χ1) is 10.2. The summed E-state index contributed by atoms with van der Waals surface area (Å²) in [5, 5.41) is 0. The summed E-state index contributed by atoms with van der Waals surface area (Å²) in [6, 6.07) is 18.9. The van der Waals surface area contributed by atoms with Crippen molar-refractivity contribution in [2.24, 2.45) is 5.73 Å². The highest BCUT2D eigenvalue weighted by molar-refractivity contribution is 5.68. The molecule has 0 unspecified atom stereocenters. The maximum atomic E-state index is 6.17. The maximum Gasteiger partial charge on any atom is 0.126 e. The SMILES string of the molecule is NC1(c2ncc(-c3ccc(-c4ccccc4)cc3)[nH]2)CC1. The lowest BCUT2D eigenvalue weighted by molar-refractivity contribution is 0.685. The number of hydrogen-bond acceptors (Lipinski definition) is 2. The summed E-state index contributed by atoms with van der Waals surface area (Å²) in [5.74, 6) is 0.907. The van der Waals surface area contributed by atoms with E-state index < -0.39 is 0 Å². The number of aromatic nitrogens is 2. The number of nitrogens with one attached hydrogen (secondary N) is 1. The minimum Gasteiger partial charge on any atom is -0.340 e. The first-order valence-electron chi connectivity index (χ1n) is 7.25. The van der Waals surface area contributed by atoms with Crippen molar-refractivity contribution in [2.45, 2.75) is 18.4 Å². The Morgan fingerprint density at radius 2 is 1.48 bits per heavy atom. The van der Waals surface area contributed by atoms with E-state index in [9.17, 15) is 0 Å². The zero-order chi connectivity index (χ0) is 14.3. The lowest BCUT2D eigenvalue weighted by atomic mass is 10.0. The molecular formula is C18H17N3. The van der Waals surface area contributed by atoms with Gasteiger partial charge in [0.05, 0.1) is 17.4 Å². The first-order valence-corrected chi connectivity index (χ1v) is 7.25. The van der Waals surface area contributed by atoms with Gasteiger partial charge in [0.1, 0.15) is 5.82 Å². The van der Waals surface area contributed by atoms with E-state index in [1.54, 1.807) is 0 Å². The second-order valence-corrected chi connectivity index (χ2v) is 5.74. The monoisotopic (exact) mass is 275 g/mol. The van der Waals surface area contributed by atoms with Crippen LogP contribution in [0.1, 0.15) is 18.7 Å². The van der Waals surface area contributed by atoms with E-state index in [1.807, 2.05) is 12.3 Å². The van der Waals surface area contributed by atoms with E-state index >= 15 is 0 Å². The molecule has 0 amide bonds. The Balaban J connectivity index is 1.63. The Morgan fingerprint density at radius 3 is 2.14 bits per heavy atom. The fraction of sp³-hybridized carbons (Fsp3) is 0.167. The van der Waals surface area contributed by atoms with Crippen LogP contribution in [0, 0.1) is 0 Å². The number of H-pyrrole nitrogens is 1. The molecule has 0 bridgehead atoms. The molecule has 1 heterocycles. The zero-order valence-electron chi connectivity index (χ0n) is 11.7. The van der Waals surface area contributed by atoms with Crippen molar-refractivity contribution >= 4 is 0 Å². The van der Waals surface area contributed by atoms with Crippen LogP contribution in [-0.4, -0.2) is 9.97 Å². The number of rotatable bonds is 3. The Hall–Kier alpha value is -2.39. The van der Waals surface area contributed by atoms with Gasteiger partial charge < -0.3 is 10.7 Å². The predicted molar refractivity (Wildman–Crippen MR) is 84.6 cm³/mol. The molecule has 104 valence electrons. The van der Waals surface area contributed by atoms with Gasteiger partial charge in [-0.25, -0.2) is 4.98 Å². The summed E-state index contributed by atoms with van der Waals surface area (Å²) in [6.45, 7) is 0. The molecule has 1 fully saturated rings. The summed E-state index contributed by atoms with van der Waals surface area (Å²) in [5.41, 5.74) is 10.6. The molecule has 1 aliphatic carbocycles. The highest BCUT2D eigenvalue weighted by Crippen LogP contribution is 2.41. The lowest BCUT2D eigenvalue weighted by Gasteiger charge is -2.04. The largest absolute Gasteiger partial charge is 0.340 e. The molecule has 0 aliphatic heterocycles. The number of nitrogens with two attached hydrogens (primary N) is 1. The molecule has 4 rings (SSSR count). The molecule has 0 saturated heterocycles. The molecule has 1 aromatic heterocycles. The van der Waals surface area contributed by atoms with Crippen LogP contribution in [0.4, 0.5) is 0 Å². The molecule has 1 saturated carbocycles. The van der Waals surface area contributed by atoms with E-state index in [4.69, 9.17) is 5.73 Å². The molecule has 0 spiro atoms. The Bertz CT molecular complexity index is 753. The Kier molecular flexibility index (Phi) is 2.69. The fourth-order valence-electron chi connectivity index (χ4n) is 2.57. The average Bonchev–Trinajstić information content (AvgIpc) is 3.10. The smallest absolute Gasteiger partial charge is 0.126 e. The van der Waals surface area contributed by atoms with Crippen molar-refractivity contribution in [1.29, 1.82) is 0 Å². The molecule has 0 atom stereocenters. The molecule has 3 nitrogen and oxygen atoms in total. The maximum absolute atomic E-state index is 6.17.